The molecule has 1 aromatic carbocycles. The molecule has 2 rings (SSSR count). The van der Waals surface area contributed by atoms with E-state index in [0.29, 0.717) is 6.04 Å². The van der Waals surface area contributed by atoms with Crippen molar-refractivity contribution in [3.05, 3.63) is 35.5 Å². The number of carboxylic acids is 1. The summed E-state index contributed by atoms with van der Waals surface area (Å²) >= 11 is 0. The van der Waals surface area contributed by atoms with Crippen molar-refractivity contribution < 1.29 is 9.90 Å². The summed E-state index contributed by atoms with van der Waals surface area (Å²) in [6.07, 6.45) is 1.99. The van der Waals surface area contributed by atoms with Crippen LogP contribution in [0.2, 0.25) is 0 Å². The minimum atomic E-state index is -0.883. The van der Waals surface area contributed by atoms with Gasteiger partial charge in [0.05, 0.1) is 5.41 Å². The predicted octanol–water partition coefficient (Wildman–Crippen LogP) is 3.89. The van der Waals surface area contributed by atoms with Gasteiger partial charge in [0.25, 0.3) is 0 Å². The van der Waals surface area contributed by atoms with Gasteiger partial charge in [0.1, 0.15) is 0 Å². The maximum absolute atomic E-state index is 11.5. The maximum Gasteiger partial charge on any atom is 0.313 e. The van der Waals surface area contributed by atoms with Gasteiger partial charge >= 0.3 is 5.97 Å². The molecule has 0 radical (unpaired) electrons. The molecule has 102 valence electrons. The van der Waals surface area contributed by atoms with Crippen LogP contribution in [-0.4, -0.2) is 15.6 Å². The van der Waals surface area contributed by atoms with Crippen LogP contribution in [0.25, 0.3) is 10.9 Å². The van der Waals surface area contributed by atoms with Crippen LogP contribution >= 0.6 is 0 Å². The molecule has 1 aromatic heterocycles. The van der Waals surface area contributed by atoms with Crippen LogP contribution in [-0.2, 0) is 10.2 Å². The van der Waals surface area contributed by atoms with Crippen LogP contribution in [0.5, 0.6) is 0 Å². The number of aryl methyl sites for hydroxylation is 1. The fourth-order valence-electron chi connectivity index (χ4n) is 2.41. The van der Waals surface area contributed by atoms with Crippen LogP contribution in [0.1, 0.15) is 44.9 Å². The molecule has 0 spiro atoms. The van der Waals surface area contributed by atoms with Crippen molar-refractivity contribution in [2.24, 2.45) is 0 Å². The molecule has 0 saturated heterocycles. The van der Waals surface area contributed by atoms with Crippen molar-refractivity contribution in [3.63, 3.8) is 0 Å². The minimum Gasteiger partial charge on any atom is -0.481 e. The first kappa shape index (κ1) is 13.7. The van der Waals surface area contributed by atoms with E-state index in [1.165, 1.54) is 0 Å². The average Bonchev–Trinajstić information content (AvgIpc) is 2.67. The molecule has 0 aliphatic rings. The first-order valence-corrected chi connectivity index (χ1v) is 6.60. The van der Waals surface area contributed by atoms with Gasteiger partial charge in [0, 0.05) is 23.1 Å². The van der Waals surface area contributed by atoms with Crippen molar-refractivity contribution >= 4 is 16.9 Å². The molecule has 0 bridgehead atoms. The van der Waals surface area contributed by atoms with Gasteiger partial charge in [-0.2, -0.15) is 0 Å². The standard InChI is InChI=1S/C16H21NO2/c1-10(2)17-9-13(16(4,5)15(18)19)12-8-11(3)6-7-14(12)17/h6-10H,1-5H3,(H,18,19). The Morgan fingerprint density at radius 2 is 1.95 bits per heavy atom. The number of nitrogens with zero attached hydrogens (tertiary/aromatic N) is 1. The fourth-order valence-corrected chi connectivity index (χ4v) is 2.41. The monoisotopic (exact) mass is 259 g/mol. The minimum absolute atomic E-state index is 0.309. The van der Waals surface area contributed by atoms with E-state index < -0.39 is 11.4 Å². The summed E-state index contributed by atoms with van der Waals surface area (Å²) in [4.78, 5) is 11.5. The average molecular weight is 259 g/mol. The predicted molar refractivity (Wildman–Crippen MR) is 77.7 cm³/mol. The molecule has 2 aromatic rings. The Hall–Kier alpha value is -1.77. The van der Waals surface area contributed by atoms with Crippen LogP contribution in [0.15, 0.2) is 24.4 Å². The maximum atomic E-state index is 11.5. The second-order valence-corrected chi connectivity index (χ2v) is 5.99. The lowest BCUT2D eigenvalue weighted by Gasteiger charge is -2.18. The Kier molecular flexibility index (Phi) is 3.17. The van der Waals surface area contributed by atoms with Gasteiger partial charge in [-0.05, 0) is 52.3 Å². The second-order valence-electron chi connectivity index (χ2n) is 5.99. The number of aromatic nitrogens is 1. The summed E-state index contributed by atoms with van der Waals surface area (Å²) in [5.74, 6) is -0.795. The highest BCUT2D eigenvalue weighted by atomic mass is 16.4. The van der Waals surface area contributed by atoms with Gasteiger partial charge in [-0.1, -0.05) is 11.6 Å². The molecule has 1 N–H and O–H groups in total. The van der Waals surface area contributed by atoms with E-state index in [1.807, 2.05) is 13.1 Å². The number of hydrogen-bond acceptors (Lipinski definition) is 1. The molecule has 0 amide bonds. The first-order chi connectivity index (χ1) is 8.75. The molecule has 0 saturated carbocycles. The zero-order valence-electron chi connectivity index (χ0n) is 12.2. The topological polar surface area (TPSA) is 42.2 Å². The van der Waals surface area contributed by atoms with Gasteiger partial charge in [0.2, 0.25) is 0 Å². The van der Waals surface area contributed by atoms with Gasteiger partial charge in [-0.3, -0.25) is 4.79 Å². The third kappa shape index (κ3) is 2.14. The first-order valence-electron chi connectivity index (χ1n) is 6.60. The second kappa shape index (κ2) is 4.41. The Labute approximate surface area is 113 Å². The van der Waals surface area contributed by atoms with Crippen molar-refractivity contribution in [1.29, 1.82) is 0 Å². The largest absolute Gasteiger partial charge is 0.481 e. The van der Waals surface area contributed by atoms with Crippen LogP contribution in [0.4, 0.5) is 0 Å². The lowest BCUT2D eigenvalue weighted by Crippen LogP contribution is -2.28. The molecular formula is C16H21NO2. The SMILES string of the molecule is Cc1ccc2c(c1)c(C(C)(C)C(=O)O)cn2C(C)C. The molecule has 1 heterocycles. The Morgan fingerprint density at radius 1 is 1.32 bits per heavy atom. The van der Waals surface area contributed by atoms with Gasteiger partial charge in [-0.15, -0.1) is 0 Å². The van der Waals surface area contributed by atoms with Crippen molar-refractivity contribution in [3.8, 4) is 0 Å². The molecule has 3 nitrogen and oxygen atoms in total. The molecule has 19 heavy (non-hydrogen) atoms. The van der Waals surface area contributed by atoms with E-state index >= 15 is 0 Å². The number of carboxylic acid groups (broad SMARTS) is 1. The number of carbonyl (C=O) groups is 1. The van der Waals surface area contributed by atoms with Crippen molar-refractivity contribution in [1.82, 2.24) is 4.57 Å². The smallest absolute Gasteiger partial charge is 0.313 e. The van der Waals surface area contributed by atoms with E-state index in [1.54, 1.807) is 13.8 Å². The summed E-state index contributed by atoms with van der Waals surface area (Å²) in [5, 5.41) is 10.5. The van der Waals surface area contributed by atoms with Gasteiger partial charge in [-0.25, -0.2) is 0 Å². The summed E-state index contributed by atoms with van der Waals surface area (Å²) < 4.78 is 2.15. The summed E-state index contributed by atoms with van der Waals surface area (Å²) in [6, 6.07) is 6.53. The molecule has 0 aliphatic carbocycles. The fraction of sp³-hybridized carbons (Fsp3) is 0.438. The lowest BCUT2D eigenvalue weighted by molar-refractivity contribution is -0.142. The van der Waals surface area contributed by atoms with Gasteiger partial charge in [0.15, 0.2) is 0 Å². The highest BCUT2D eigenvalue weighted by Gasteiger charge is 2.33. The Bertz CT molecular complexity index is 635. The number of hydrogen-bond donors (Lipinski definition) is 1. The molecule has 3 heteroatoms. The van der Waals surface area contributed by atoms with Gasteiger partial charge < -0.3 is 9.67 Å². The van der Waals surface area contributed by atoms with Crippen LogP contribution < -0.4 is 0 Å². The number of rotatable bonds is 3. The number of benzene rings is 1. The third-order valence-electron chi connectivity index (χ3n) is 3.75. The van der Waals surface area contributed by atoms with Crippen molar-refractivity contribution in [2.75, 3.05) is 0 Å². The van der Waals surface area contributed by atoms with Crippen LogP contribution in [0.3, 0.4) is 0 Å². The summed E-state index contributed by atoms with van der Waals surface area (Å²) in [7, 11) is 0. The zero-order chi connectivity index (χ0) is 14.4. The van der Waals surface area contributed by atoms with Crippen molar-refractivity contribution in [2.45, 2.75) is 46.1 Å². The normalized spacial score (nSPS) is 12.3. The van der Waals surface area contributed by atoms with E-state index in [9.17, 15) is 9.90 Å². The molecule has 0 aliphatic heterocycles. The quantitative estimate of drug-likeness (QED) is 0.908. The zero-order valence-corrected chi connectivity index (χ0v) is 12.2. The Balaban J connectivity index is 2.81. The molecule has 0 unspecified atom stereocenters. The summed E-state index contributed by atoms with van der Waals surface area (Å²) in [6.45, 7) is 9.77. The highest BCUT2D eigenvalue weighted by Crippen LogP contribution is 2.34. The molecule has 0 fully saturated rings. The Morgan fingerprint density at radius 3 is 2.47 bits per heavy atom. The summed E-state index contributed by atoms with van der Waals surface area (Å²) in [5.41, 5.74) is 2.25. The molecular weight excluding hydrogens is 238 g/mol. The number of aliphatic carboxylic acids is 1. The van der Waals surface area contributed by atoms with E-state index in [-0.39, 0.29) is 0 Å². The lowest BCUT2D eigenvalue weighted by atomic mass is 9.84. The van der Waals surface area contributed by atoms with Crippen LogP contribution in [0, 0.1) is 6.92 Å². The highest BCUT2D eigenvalue weighted by molar-refractivity contribution is 5.92. The van der Waals surface area contributed by atoms with E-state index in [4.69, 9.17) is 0 Å². The molecule has 0 atom stereocenters. The van der Waals surface area contributed by atoms with E-state index in [2.05, 4.69) is 36.6 Å². The third-order valence-corrected chi connectivity index (χ3v) is 3.75. The number of fused-ring (bicyclic) bond motifs is 1. The van der Waals surface area contributed by atoms with E-state index in [0.717, 1.165) is 22.0 Å².